The predicted molar refractivity (Wildman–Crippen MR) is 62.1 cm³/mol. The first-order valence-corrected chi connectivity index (χ1v) is 5.44. The van der Waals surface area contributed by atoms with Gasteiger partial charge in [-0.05, 0) is 19.1 Å². The van der Waals surface area contributed by atoms with Gasteiger partial charge in [0.25, 0.3) is 5.56 Å². The zero-order chi connectivity index (χ0) is 14.2. The molecule has 7 heteroatoms. The minimum absolute atomic E-state index is 0.0287. The van der Waals surface area contributed by atoms with Crippen LogP contribution >= 0.6 is 0 Å². The molecule has 1 atom stereocenters. The third-order valence-electron chi connectivity index (χ3n) is 2.78. The molecule has 1 aromatic heterocycles. The van der Waals surface area contributed by atoms with Crippen molar-refractivity contribution in [2.75, 3.05) is 0 Å². The Labute approximate surface area is 106 Å². The number of hydrogen-bond acceptors (Lipinski definition) is 2. The van der Waals surface area contributed by atoms with E-state index in [2.05, 4.69) is 5.10 Å². The second-order valence-corrected chi connectivity index (χ2v) is 4.06. The summed E-state index contributed by atoms with van der Waals surface area (Å²) in [5.41, 5.74) is -1.10. The van der Waals surface area contributed by atoms with Gasteiger partial charge in [-0.1, -0.05) is 18.2 Å². The van der Waals surface area contributed by atoms with Gasteiger partial charge in [-0.2, -0.15) is 13.2 Å². The smallest absolute Gasteiger partial charge is 0.379 e. The van der Waals surface area contributed by atoms with Gasteiger partial charge in [0, 0.05) is 5.69 Å². The van der Waals surface area contributed by atoms with Gasteiger partial charge in [0.1, 0.15) is 0 Å². The van der Waals surface area contributed by atoms with Crippen LogP contribution in [0.5, 0.6) is 0 Å². The van der Waals surface area contributed by atoms with E-state index in [1.54, 1.807) is 30.3 Å². The van der Waals surface area contributed by atoms with E-state index in [9.17, 15) is 23.1 Å². The average Bonchev–Trinajstić information content (AvgIpc) is 2.64. The van der Waals surface area contributed by atoms with E-state index in [1.807, 2.05) is 0 Å². The molecule has 0 spiro atoms. The van der Waals surface area contributed by atoms with E-state index in [4.69, 9.17) is 0 Å². The number of alkyl halides is 3. The van der Waals surface area contributed by atoms with E-state index >= 15 is 0 Å². The van der Waals surface area contributed by atoms with Crippen molar-refractivity contribution in [2.24, 2.45) is 0 Å². The van der Waals surface area contributed by atoms with Gasteiger partial charge in [0.2, 0.25) is 0 Å². The molecule has 2 rings (SSSR count). The summed E-state index contributed by atoms with van der Waals surface area (Å²) in [6.07, 6.45) is -7.66. The summed E-state index contributed by atoms with van der Waals surface area (Å²) in [7, 11) is 0. The Bertz CT molecular complexity index is 629. The number of halogens is 3. The number of aromatic amines is 1. The number of benzene rings is 1. The van der Waals surface area contributed by atoms with Crippen molar-refractivity contribution in [1.82, 2.24) is 9.78 Å². The number of para-hydroxylation sites is 1. The van der Waals surface area contributed by atoms with Crippen molar-refractivity contribution in [3.63, 3.8) is 0 Å². The van der Waals surface area contributed by atoms with Crippen LogP contribution in [0, 0.1) is 6.92 Å². The second-order valence-electron chi connectivity index (χ2n) is 4.06. The lowest BCUT2D eigenvalue weighted by molar-refractivity contribution is -0.207. The van der Waals surface area contributed by atoms with Crippen LogP contribution in [0.2, 0.25) is 0 Å². The lowest BCUT2D eigenvalue weighted by Gasteiger charge is -2.13. The Hall–Kier alpha value is -2.02. The topological polar surface area (TPSA) is 58.0 Å². The maximum atomic E-state index is 12.5. The molecule has 1 aromatic carbocycles. The Morgan fingerprint density at radius 1 is 1.26 bits per heavy atom. The number of H-pyrrole nitrogens is 1. The van der Waals surface area contributed by atoms with Gasteiger partial charge in [0.15, 0.2) is 6.10 Å². The normalized spacial score (nSPS) is 13.5. The first-order valence-electron chi connectivity index (χ1n) is 5.44. The molecule has 2 N–H and O–H groups in total. The van der Waals surface area contributed by atoms with Gasteiger partial charge in [-0.3, -0.25) is 14.6 Å². The number of rotatable bonds is 2. The van der Waals surface area contributed by atoms with Gasteiger partial charge in [-0.25, -0.2) is 0 Å². The van der Waals surface area contributed by atoms with Crippen LogP contribution in [0.15, 0.2) is 35.1 Å². The van der Waals surface area contributed by atoms with E-state index in [0.29, 0.717) is 5.69 Å². The highest BCUT2D eigenvalue weighted by molar-refractivity contribution is 5.35. The molecular formula is C12H11F3N2O2. The zero-order valence-electron chi connectivity index (χ0n) is 9.90. The molecular weight excluding hydrogens is 261 g/mol. The SMILES string of the molecule is Cc1c(C(O)C(F)(F)F)c(=O)[nH]n1-c1ccccc1. The summed E-state index contributed by atoms with van der Waals surface area (Å²) in [4.78, 5) is 11.6. The Morgan fingerprint density at radius 3 is 2.37 bits per heavy atom. The van der Waals surface area contributed by atoms with Crippen LogP contribution in [0.1, 0.15) is 17.4 Å². The fourth-order valence-electron chi connectivity index (χ4n) is 1.85. The molecule has 0 radical (unpaired) electrons. The summed E-state index contributed by atoms with van der Waals surface area (Å²) in [5.74, 6) is 0. The molecule has 0 fully saturated rings. The van der Waals surface area contributed by atoms with Crippen molar-refractivity contribution in [2.45, 2.75) is 19.2 Å². The van der Waals surface area contributed by atoms with Crippen LogP contribution in [0.3, 0.4) is 0 Å². The number of aliphatic hydroxyl groups excluding tert-OH is 1. The summed E-state index contributed by atoms with van der Waals surface area (Å²) in [6.45, 7) is 1.34. The minimum Gasteiger partial charge on any atom is -0.379 e. The Morgan fingerprint density at radius 2 is 1.84 bits per heavy atom. The van der Waals surface area contributed by atoms with Crippen molar-refractivity contribution < 1.29 is 18.3 Å². The molecule has 0 saturated heterocycles. The van der Waals surface area contributed by atoms with Crippen molar-refractivity contribution in [1.29, 1.82) is 0 Å². The highest BCUT2D eigenvalue weighted by Gasteiger charge is 2.42. The van der Waals surface area contributed by atoms with Crippen LogP contribution in [-0.2, 0) is 0 Å². The Balaban J connectivity index is 2.56. The first kappa shape index (κ1) is 13.4. The predicted octanol–water partition coefficient (Wildman–Crippen LogP) is 2.07. The van der Waals surface area contributed by atoms with Gasteiger partial charge >= 0.3 is 6.18 Å². The number of aliphatic hydroxyl groups is 1. The van der Waals surface area contributed by atoms with E-state index in [-0.39, 0.29) is 5.69 Å². The zero-order valence-corrected chi connectivity index (χ0v) is 9.90. The molecule has 0 bridgehead atoms. The molecule has 0 aliphatic carbocycles. The largest absolute Gasteiger partial charge is 0.418 e. The van der Waals surface area contributed by atoms with Crippen molar-refractivity contribution in [3.8, 4) is 5.69 Å². The van der Waals surface area contributed by atoms with Crippen molar-refractivity contribution >= 4 is 0 Å². The molecule has 102 valence electrons. The lowest BCUT2D eigenvalue weighted by Crippen LogP contribution is -2.25. The molecule has 4 nitrogen and oxygen atoms in total. The highest BCUT2D eigenvalue weighted by atomic mass is 19.4. The molecule has 1 heterocycles. The standard InChI is InChI=1S/C12H11F3N2O2/c1-7-9(10(18)12(13,14)15)11(19)16-17(7)8-5-3-2-4-6-8/h2-6,10,18H,1H3,(H,16,19). The molecule has 1 unspecified atom stereocenters. The van der Waals surface area contributed by atoms with Gasteiger partial charge < -0.3 is 5.11 Å². The van der Waals surface area contributed by atoms with E-state index < -0.39 is 23.4 Å². The molecule has 2 aromatic rings. The van der Waals surface area contributed by atoms with Crippen molar-refractivity contribution in [3.05, 3.63) is 51.9 Å². The third-order valence-corrected chi connectivity index (χ3v) is 2.78. The monoisotopic (exact) mass is 272 g/mol. The molecule has 0 aliphatic rings. The summed E-state index contributed by atoms with van der Waals surface area (Å²) in [6, 6.07) is 8.38. The molecule has 19 heavy (non-hydrogen) atoms. The number of aromatic nitrogens is 2. The molecule has 0 aliphatic heterocycles. The number of nitrogens with zero attached hydrogens (tertiary/aromatic N) is 1. The van der Waals surface area contributed by atoms with Gasteiger partial charge in [-0.15, -0.1) is 0 Å². The molecule has 0 saturated carbocycles. The van der Waals surface area contributed by atoms with E-state index in [1.165, 1.54) is 11.6 Å². The number of nitrogens with one attached hydrogen (secondary N) is 1. The highest BCUT2D eigenvalue weighted by Crippen LogP contribution is 2.32. The number of hydrogen-bond donors (Lipinski definition) is 2. The van der Waals surface area contributed by atoms with Gasteiger partial charge in [0.05, 0.1) is 11.3 Å². The first-order chi connectivity index (χ1) is 8.82. The minimum atomic E-state index is -4.87. The average molecular weight is 272 g/mol. The summed E-state index contributed by atoms with van der Waals surface area (Å²) < 4.78 is 38.7. The second kappa shape index (κ2) is 4.58. The maximum absolute atomic E-state index is 12.5. The lowest BCUT2D eigenvalue weighted by atomic mass is 10.1. The van der Waals surface area contributed by atoms with Crippen LogP contribution in [-0.4, -0.2) is 21.1 Å². The van der Waals surface area contributed by atoms with Crippen LogP contribution < -0.4 is 5.56 Å². The quantitative estimate of drug-likeness (QED) is 0.879. The maximum Gasteiger partial charge on any atom is 0.418 e. The molecule has 0 amide bonds. The van der Waals surface area contributed by atoms with Crippen LogP contribution in [0.4, 0.5) is 13.2 Å². The fraction of sp³-hybridized carbons (Fsp3) is 0.250. The third kappa shape index (κ3) is 2.41. The van der Waals surface area contributed by atoms with E-state index in [0.717, 1.165) is 0 Å². The summed E-state index contributed by atoms with van der Waals surface area (Å²) in [5, 5.41) is 11.5. The Kier molecular flexibility index (Phi) is 3.23. The van der Waals surface area contributed by atoms with Crippen LogP contribution in [0.25, 0.3) is 5.69 Å². The fourth-order valence-corrected chi connectivity index (χ4v) is 1.85. The summed E-state index contributed by atoms with van der Waals surface area (Å²) >= 11 is 0.